The van der Waals surface area contributed by atoms with Crippen molar-refractivity contribution in [2.24, 2.45) is 0 Å². The minimum atomic E-state index is 0.00314. The molecule has 0 radical (unpaired) electrons. The van der Waals surface area contributed by atoms with Crippen LogP contribution in [0.3, 0.4) is 0 Å². The Morgan fingerprint density at radius 3 is 2.86 bits per heavy atom. The molecule has 0 aliphatic carbocycles. The molecule has 0 spiro atoms. The lowest BCUT2D eigenvalue weighted by atomic mass is 10.3. The number of nitrogens with one attached hydrogen (secondary N) is 1. The zero-order valence-electron chi connectivity index (χ0n) is 12.1. The fourth-order valence-electron chi connectivity index (χ4n) is 2.55. The Morgan fingerprint density at radius 2 is 2.10 bits per heavy atom. The highest BCUT2D eigenvalue weighted by Crippen LogP contribution is 2.13. The highest BCUT2D eigenvalue weighted by Gasteiger charge is 2.11. The van der Waals surface area contributed by atoms with Crippen LogP contribution in [-0.2, 0) is 6.54 Å². The van der Waals surface area contributed by atoms with Gasteiger partial charge in [-0.05, 0) is 12.3 Å². The molecule has 3 heterocycles. The Balaban J connectivity index is 1.88. The van der Waals surface area contributed by atoms with E-state index in [1.807, 2.05) is 6.26 Å². The molecule has 112 valence electrons. The normalized spacial score (nSPS) is 16.4. The summed E-state index contributed by atoms with van der Waals surface area (Å²) in [4.78, 5) is 23.3. The Bertz CT molecular complexity index is 681. The summed E-state index contributed by atoms with van der Waals surface area (Å²) >= 11 is 1.49. The number of hydrogen-bond acceptors (Lipinski definition) is 6. The first-order chi connectivity index (χ1) is 10.3. The number of piperazine rings is 1. The minimum absolute atomic E-state index is 0.00314. The molecule has 0 saturated carbocycles. The van der Waals surface area contributed by atoms with Gasteiger partial charge in [0.2, 0.25) is 0 Å². The van der Waals surface area contributed by atoms with Crippen molar-refractivity contribution in [3.8, 4) is 0 Å². The van der Waals surface area contributed by atoms with Gasteiger partial charge >= 0.3 is 0 Å². The molecule has 2 aromatic heterocycles. The molecule has 0 amide bonds. The largest absolute Gasteiger partial charge is 0.314 e. The van der Waals surface area contributed by atoms with Gasteiger partial charge in [0.05, 0.1) is 0 Å². The molecule has 0 atom stereocenters. The Morgan fingerprint density at radius 1 is 1.29 bits per heavy atom. The Labute approximate surface area is 127 Å². The summed E-state index contributed by atoms with van der Waals surface area (Å²) < 4.78 is 1.76. The van der Waals surface area contributed by atoms with Crippen molar-refractivity contribution in [3.05, 3.63) is 28.7 Å². The van der Waals surface area contributed by atoms with E-state index in [1.54, 1.807) is 22.9 Å². The van der Waals surface area contributed by atoms with Gasteiger partial charge in [0.25, 0.3) is 5.56 Å². The molecular weight excluding hydrogens is 286 g/mol. The molecule has 1 aliphatic rings. The zero-order valence-corrected chi connectivity index (χ0v) is 12.9. The van der Waals surface area contributed by atoms with Crippen molar-refractivity contribution in [2.75, 3.05) is 39.0 Å². The van der Waals surface area contributed by atoms with Crippen LogP contribution in [0.15, 0.2) is 28.3 Å². The summed E-state index contributed by atoms with van der Waals surface area (Å²) in [7, 11) is 0. The van der Waals surface area contributed by atoms with Crippen molar-refractivity contribution in [3.63, 3.8) is 0 Å². The molecule has 0 bridgehead atoms. The lowest BCUT2D eigenvalue weighted by molar-refractivity contribution is 0.232. The molecule has 1 saturated heterocycles. The maximum absolute atomic E-state index is 12.2. The van der Waals surface area contributed by atoms with E-state index < -0.39 is 0 Å². The van der Waals surface area contributed by atoms with Gasteiger partial charge in [-0.25, -0.2) is 9.97 Å². The smallest absolute Gasteiger partial charge is 0.252 e. The maximum Gasteiger partial charge on any atom is 0.252 e. The van der Waals surface area contributed by atoms with Crippen LogP contribution in [0.1, 0.15) is 0 Å². The number of thioether (sulfide) groups is 1. The molecular formula is C14H19N5OS. The lowest BCUT2D eigenvalue weighted by Gasteiger charge is -2.27. The topological polar surface area (TPSA) is 63.1 Å². The van der Waals surface area contributed by atoms with E-state index >= 15 is 0 Å². The van der Waals surface area contributed by atoms with Crippen LogP contribution >= 0.6 is 11.8 Å². The van der Waals surface area contributed by atoms with Gasteiger partial charge in [0, 0.05) is 56.9 Å². The second kappa shape index (κ2) is 6.55. The van der Waals surface area contributed by atoms with Crippen molar-refractivity contribution < 1.29 is 0 Å². The molecule has 2 aromatic rings. The number of aromatic nitrogens is 3. The first-order valence-corrected chi connectivity index (χ1v) is 8.34. The zero-order chi connectivity index (χ0) is 14.7. The van der Waals surface area contributed by atoms with Crippen LogP contribution in [0.25, 0.3) is 11.0 Å². The Hall–Kier alpha value is -1.44. The van der Waals surface area contributed by atoms with Crippen LogP contribution in [0, 0.1) is 0 Å². The van der Waals surface area contributed by atoms with E-state index in [-0.39, 0.29) is 5.56 Å². The third-order valence-corrected chi connectivity index (χ3v) is 4.29. The SMILES string of the molecule is CSc1ncc2ccc(=O)n(CCN3CCNCC3)c2n1. The average molecular weight is 305 g/mol. The van der Waals surface area contributed by atoms with Gasteiger partial charge in [-0.1, -0.05) is 11.8 Å². The Kier molecular flexibility index (Phi) is 4.52. The summed E-state index contributed by atoms with van der Waals surface area (Å²) in [6, 6.07) is 3.39. The standard InChI is InChI=1S/C14H19N5OS/c1-21-14-16-10-11-2-3-12(20)19(13(11)17-14)9-8-18-6-4-15-5-7-18/h2-3,10,15H,4-9H2,1H3. The quantitative estimate of drug-likeness (QED) is 0.652. The highest BCUT2D eigenvalue weighted by molar-refractivity contribution is 7.98. The molecule has 0 aromatic carbocycles. The van der Waals surface area contributed by atoms with Crippen LogP contribution in [0.4, 0.5) is 0 Å². The van der Waals surface area contributed by atoms with Gasteiger partial charge in [-0.2, -0.15) is 0 Å². The number of fused-ring (bicyclic) bond motifs is 1. The second-order valence-corrected chi connectivity index (χ2v) is 5.82. The van der Waals surface area contributed by atoms with E-state index in [2.05, 4.69) is 20.2 Å². The maximum atomic E-state index is 12.2. The molecule has 1 aliphatic heterocycles. The van der Waals surface area contributed by atoms with Gasteiger partial charge in [0.1, 0.15) is 5.65 Å². The summed E-state index contributed by atoms with van der Waals surface area (Å²) in [5, 5.41) is 4.94. The van der Waals surface area contributed by atoms with E-state index in [0.717, 1.165) is 43.8 Å². The van der Waals surface area contributed by atoms with Gasteiger partial charge in [-0.3, -0.25) is 14.3 Å². The molecule has 21 heavy (non-hydrogen) atoms. The monoisotopic (exact) mass is 305 g/mol. The first-order valence-electron chi connectivity index (χ1n) is 7.11. The van der Waals surface area contributed by atoms with Crippen LogP contribution < -0.4 is 10.9 Å². The van der Waals surface area contributed by atoms with Gasteiger partial charge in [-0.15, -0.1) is 0 Å². The van der Waals surface area contributed by atoms with Gasteiger partial charge < -0.3 is 5.32 Å². The number of rotatable bonds is 4. The molecule has 3 rings (SSSR count). The second-order valence-electron chi connectivity index (χ2n) is 5.05. The number of nitrogens with zero attached hydrogens (tertiary/aromatic N) is 4. The van der Waals surface area contributed by atoms with Crippen LogP contribution in [-0.4, -0.2) is 58.4 Å². The molecule has 1 fully saturated rings. The van der Waals surface area contributed by atoms with Crippen LogP contribution in [0.2, 0.25) is 0 Å². The summed E-state index contributed by atoms with van der Waals surface area (Å²) in [5.74, 6) is 0. The number of pyridine rings is 1. The minimum Gasteiger partial charge on any atom is -0.314 e. The van der Waals surface area contributed by atoms with E-state index in [4.69, 9.17) is 0 Å². The van der Waals surface area contributed by atoms with Crippen molar-refractivity contribution in [1.29, 1.82) is 0 Å². The van der Waals surface area contributed by atoms with Crippen molar-refractivity contribution >= 4 is 22.8 Å². The van der Waals surface area contributed by atoms with E-state index in [1.165, 1.54) is 11.8 Å². The summed E-state index contributed by atoms with van der Waals surface area (Å²) in [6.07, 6.45) is 3.72. The fraction of sp³-hybridized carbons (Fsp3) is 0.500. The van der Waals surface area contributed by atoms with E-state index in [0.29, 0.717) is 11.7 Å². The predicted molar refractivity (Wildman–Crippen MR) is 84.9 cm³/mol. The third kappa shape index (κ3) is 3.25. The average Bonchev–Trinajstić information content (AvgIpc) is 2.54. The predicted octanol–water partition coefficient (Wildman–Crippen LogP) is 0.419. The summed E-state index contributed by atoms with van der Waals surface area (Å²) in [5.41, 5.74) is 0.736. The fourth-order valence-corrected chi connectivity index (χ4v) is 2.88. The molecule has 6 nitrogen and oxygen atoms in total. The summed E-state index contributed by atoms with van der Waals surface area (Å²) in [6.45, 7) is 5.64. The highest BCUT2D eigenvalue weighted by atomic mass is 32.2. The molecule has 7 heteroatoms. The van der Waals surface area contributed by atoms with Crippen molar-refractivity contribution in [1.82, 2.24) is 24.8 Å². The molecule has 0 unspecified atom stereocenters. The van der Waals surface area contributed by atoms with Crippen molar-refractivity contribution in [2.45, 2.75) is 11.7 Å². The van der Waals surface area contributed by atoms with Crippen LogP contribution in [0.5, 0.6) is 0 Å². The third-order valence-electron chi connectivity index (χ3n) is 3.73. The first kappa shape index (κ1) is 14.5. The van der Waals surface area contributed by atoms with Gasteiger partial charge in [0.15, 0.2) is 5.16 Å². The number of hydrogen-bond donors (Lipinski definition) is 1. The lowest BCUT2D eigenvalue weighted by Crippen LogP contribution is -2.45. The molecule has 1 N–H and O–H groups in total. The van der Waals surface area contributed by atoms with E-state index in [9.17, 15) is 4.79 Å².